The zero-order chi connectivity index (χ0) is 12.1. The highest BCUT2D eigenvalue weighted by Crippen LogP contribution is 1.98. The molecule has 7 heteroatoms. The number of esters is 1. The van der Waals surface area contributed by atoms with Gasteiger partial charge in [0.15, 0.2) is 0 Å². The number of methoxy groups -OCH3 is 1. The van der Waals surface area contributed by atoms with Crippen LogP contribution in [0.1, 0.15) is 0 Å². The molecule has 0 aromatic heterocycles. The summed E-state index contributed by atoms with van der Waals surface area (Å²) in [7, 11) is 2.90. The molecule has 1 aliphatic rings. The highest BCUT2D eigenvalue weighted by molar-refractivity contribution is 5.96. The average Bonchev–Trinajstić information content (AvgIpc) is 2.63. The first-order valence-electron chi connectivity index (χ1n) is 4.88. The number of carbonyl (C=O) groups excluding carboxylic acids is 3. The van der Waals surface area contributed by atoms with E-state index in [1.54, 1.807) is 7.05 Å². The molecule has 0 aromatic rings. The van der Waals surface area contributed by atoms with E-state index in [0.717, 1.165) is 4.90 Å². The van der Waals surface area contributed by atoms with Gasteiger partial charge in [0.2, 0.25) is 5.91 Å². The maximum atomic E-state index is 11.6. The molecule has 1 fully saturated rings. The van der Waals surface area contributed by atoms with Crippen LogP contribution in [0.2, 0.25) is 0 Å². The van der Waals surface area contributed by atoms with Crippen LogP contribution in [0.3, 0.4) is 0 Å². The van der Waals surface area contributed by atoms with Gasteiger partial charge in [-0.15, -0.1) is 0 Å². The van der Waals surface area contributed by atoms with Gasteiger partial charge in [0.25, 0.3) is 0 Å². The molecule has 7 nitrogen and oxygen atoms in total. The van der Waals surface area contributed by atoms with E-state index in [9.17, 15) is 14.4 Å². The third-order valence-corrected chi connectivity index (χ3v) is 2.19. The van der Waals surface area contributed by atoms with Crippen molar-refractivity contribution in [3.8, 4) is 0 Å². The number of urea groups is 1. The Hall–Kier alpha value is -1.63. The second-order valence-corrected chi connectivity index (χ2v) is 3.53. The molecule has 90 valence electrons. The lowest BCUT2D eigenvalue weighted by Gasteiger charge is -2.18. The van der Waals surface area contributed by atoms with Crippen molar-refractivity contribution in [1.29, 1.82) is 0 Å². The Morgan fingerprint density at radius 3 is 2.69 bits per heavy atom. The van der Waals surface area contributed by atoms with Crippen molar-refractivity contribution in [3.05, 3.63) is 0 Å². The van der Waals surface area contributed by atoms with Crippen molar-refractivity contribution < 1.29 is 19.1 Å². The molecule has 0 aliphatic carbocycles. The van der Waals surface area contributed by atoms with Crippen LogP contribution >= 0.6 is 0 Å². The Morgan fingerprint density at radius 1 is 1.50 bits per heavy atom. The van der Waals surface area contributed by atoms with Crippen LogP contribution in [0.4, 0.5) is 4.79 Å². The summed E-state index contributed by atoms with van der Waals surface area (Å²) in [5.74, 6) is -0.734. The third kappa shape index (κ3) is 3.20. The number of nitrogens with one attached hydrogen (secondary N) is 1. The van der Waals surface area contributed by atoms with Crippen molar-refractivity contribution >= 4 is 17.9 Å². The molecule has 1 N–H and O–H groups in total. The van der Waals surface area contributed by atoms with Crippen LogP contribution in [0.5, 0.6) is 0 Å². The molecule has 1 heterocycles. The summed E-state index contributed by atoms with van der Waals surface area (Å²) in [6.45, 7) is 0.898. The molecule has 0 spiro atoms. The van der Waals surface area contributed by atoms with Crippen LogP contribution in [0.15, 0.2) is 0 Å². The quantitative estimate of drug-likeness (QED) is 0.602. The first-order valence-corrected chi connectivity index (χ1v) is 4.88. The normalized spacial score (nSPS) is 15.2. The molecule has 1 saturated heterocycles. The van der Waals surface area contributed by atoms with Crippen molar-refractivity contribution in [1.82, 2.24) is 15.1 Å². The van der Waals surface area contributed by atoms with Crippen molar-refractivity contribution in [2.45, 2.75) is 0 Å². The summed E-state index contributed by atoms with van der Waals surface area (Å²) < 4.78 is 4.46. The smallest absolute Gasteiger partial charge is 0.324 e. The zero-order valence-corrected chi connectivity index (χ0v) is 9.36. The van der Waals surface area contributed by atoms with E-state index in [2.05, 4.69) is 10.1 Å². The Labute approximate surface area is 93.3 Å². The summed E-state index contributed by atoms with van der Waals surface area (Å²) in [5.41, 5.74) is 0. The van der Waals surface area contributed by atoms with Gasteiger partial charge in [-0.05, 0) is 7.05 Å². The van der Waals surface area contributed by atoms with Gasteiger partial charge in [-0.3, -0.25) is 19.4 Å². The van der Waals surface area contributed by atoms with E-state index in [0.29, 0.717) is 13.1 Å². The van der Waals surface area contributed by atoms with Crippen LogP contribution < -0.4 is 5.32 Å². The van der Waals surface area contributed by atoms with Crippen LogP contribution in [0, 0.1) is 0 Å². The number of amides is 3. The number of hydrogen-bond acceptors (Lipinski definition) is 5. The second-order valence-electron chi connectivity index (χ2n) is 3.53. The minimum Gasteiger partial charge on any atom is -0.468 e. The summed E-state index contributed by atoms with van der Waals surface area (Å²) in [6.07, 6.45) is 0. The lowest BCUT2D eigenvalue weighted by molar-refractivity contribution is -0.142. The molecule has 3 amide bonds. The molecule has 0 radical (unpaired) electrons. The largest absolute Gasteiger partial charge is 0.468 e. The van der Waals surface area contributed by atoms with Crippen LogP contribution in [-0.2, 0) is 14.3 Å². The van der Waals surface area contributed by atoms with Crippen molar-refractivity contribution in [2.75, 3.05) is 40.3 Å². The zero-order valence-electron chi connectivity index (χ0n) is 9.36. The topological polar surface area (TPSA) is 79.0 Å². The molecular weight excluding hydrogens is 214 g/mol. The third-order valence-electron chi connectivity index (χ3n) is 2.19. The number of rotatable bonds is 4. The minimum atomic E-state index is -0.416. The second kappa shape index (κ2) is 5.45. The molecular formula is C9H15N3O4. The number of imide groups is 1. The molecule has 0 bridgehead atoms. The van der Waals surface area contributed by atoms with E-state index in [4.69, 9.17) is 0 Å². The number of carbonyl (C=O) groups is 3. The lowest BCUT2D eigenvalue weighted by Crippen LogP contribution is -2.42. The van der Waals surface area contributed by atoms with E-state index < -0.39 is 5.97 Å². The number of nitrogens with zero attached hydrogens (tertiary/aromatic N) is 2. The van der Waals surface area contributed by atoms with Gasteiger partial charge in [-0.1, -0.05) is 0 Å². The first-order chi connectivity index (χ1) is 7.54. The maximum absolute atomic E-state index is 11.6. The van der Waals surface area contributed by atoms with Gasteiger partial charge in [-0.25, -0.2) is 4.79 Å². The molecule has 1 rings (SSSR count). The van der Waals surface area contributed by atoms with E-state index in [1.807, 2.05) is 0 Å². The first kappa shape index (κ1) is 12.4. The van der Waals surface area contributed by atoms with Crippen molar-refractivity contribution in [2.24, 2.45) is 0 Å². The molecule has 16 heavy (non-hydrogen) atoms. The van der Waals surface area contributed by atoms with Gasteiger partial charge in [0, 0.05) is 13.1 Å². The summed E-state index contributed by atoms with van der Waals surface area (Å²) >= 11 is 0. The number of hydrogen-bond donors (Lipinski definition) is 1. The van der Waals surface area contributed by atoms with Crippen LogP contribution in [-0.4, -0.2) is 68.0 Å². The predicted molar refractivity (Wildman–Crippen MR) is 54.6 cm³/mol. The molecule has 0 atom stereocenters. The van der Waals surface area contributed by atoms with Crippen molar-refractivity contribution in [3.63, 3.8) is 0 Å². The Morgan fingerprint density at radius 2 is 2.19 bits per heavy atom. The Balaban J connectivity index is 2.38. The van der Waals surface area contributed by atoms with Gasteiger partial charge in [0.1, 0.15) is 0 Å². The monoisotopic (exact) mass is 229 g/mol. The standard InChI is InChI=1S/C9H15N3O4/c1-11(6-8(14)16-2)5-7(13)12-4-3-10-9(12)15/h3-6H2,1-2H3,(H,10,15). The highest BCUT2D eigenvalue weighted by Gasteiger charge is 2.26. The van der Waals surface area contributed by atoms with E-state index in [-0.39, 0.29) is 25.0 Å². The van der Waals surface area contributed by atoms with Gasteiger partial charge >= 0.3 is 12.0 Å². The van der Waals surface area contributed by atoms with Gasteiger partial charge in [0.05, 0.1) is 20.2 Å². The molecule has 0 aromatic carbocycles. The Bertz CT molecular complexity index is 305. The van der Waals surface area contributed by atoms with E-state index >= 15 is 0 Å². The molecule has 0 saturated carbocycles. The van der Waals surface area contributed by atoms with Gasteiger partial charge in [-0.2, -0.15) is 0 Å². The Kier molecular flexibility index (Phi) is 4.24. The maximum Gasteiger partial charge on any atom is 0.324 e. The fourth-order valence-electron chi connectivity index (χ4n) is 1.37. The summed E-state index contributed by atoms with van der Waals surface area (Å²) in [6, 6.07) is -0.378. The fourth-order valence-corrected chi connectivity index (χ4v) is 1.37. The molecule has 1 aliphatic heterocycles. The summed E-state index contributed by atoms with van der Waals surface area (Å²) in [5, 5.41) is 2.53. The van der Waals surface area contributed by atoms with Crippen LogP contribution in [0.25, 0.3) is 0 Å². The molecule has 0 unspecified atom stereocenters. The minimum absolute atomic E-state index is 0.0164. The number of likely N-dealkylation sites (N-methyl/N-ethyl adjacent to an activating group) is 1. The van der Waals surface area contributed by atoms with E-state index in [1.165, 1.54) is 12.0 Å². The highest BCUT2D eigenvalue weighted by atomic mass is 16.5. The fraction of sp³-hybridized carbons (Fsp3) is 0.667. The SMILES string of the molecule is COC(=O)CN(C)CC(=O)N1CCNC1=O. The average molecular weight is 229 g/mol. The summed E-state index contributed by atoms with van der Waals surface area (Å²) in [4.78, 5) is 36.3. The van der Waals surface area contributed by atoms with Gasteiger partial charge < -0.3 is 10.1 Å². The number of ether oxygens (including phenoxy) is 1. The lowest BCUT2D eigenvalue weighted by atomic mass is 10.4. The predicted octanol–water partition coefficient (Wildman–Crippen LogP) is -1.36.